The van der Waals surface area contributed by atoms with Crippen molar-refractivity contribution in [3.63, 3.8) is 0 Å². The Morgan fingerprint density at radius 1 is 1.18 bits per heavy atom. The molecular weight excluding hydrogens is 374 g/mol. The smallest absolute Gasteiger partial charge is 0.251 e. The first kappa shape index (κ1) is 18.2. The second-order valence-electron chi connectivity index (χ2n) is 6.18. The SMILES string of the molecule is CSCCC(NC(=O)c1ccc(-n2cncn2)cc1)c1nnc2ccccn12. The zero-order chi connectivity index (χ0) is 19.3. The number of carbonyl (C=O) groups excluding carboxylic acids is 1. The van der Waals surface area contributed by atoms with E-state index < -0.39 is 0 Å². The first-order chi connectivity index (χ1) is 13.8. The highest BCUT2D eigenvalue weighted by molar-refractivity contribution is 7.98. The Labute approximate surface area is 166 Å². The van der Waals surface area contributed by atoms with Crippen molar-refractivity contribution in [3.8, 4) is 5.69 Å². The predicted molar refractivity (Wildman–Crippen MR) is 108 cm³/mol. The van der Waals surface area contributed by atoms with Gasteiger partial charge in [0.25, 0.3) is 5.91 Å². The molecule has 1 aromatic carbocycles. The summed E-state index contributed by atoms with van der Waals surface area (Å²) in [7, 11) is 0. The van der Waals surface area contributed by atoms with Crippen molar-refractivity contribution in [3.05, 3.63) is 72.7 Å². The van der Waals surface area contributed by atoms with Gasteiger partial charge in [0.05, 0.1) is 11.7 Å². The van der Waals surface area contributed by atoms with Crippen LogP contribution in [0.2, 0.25) is 0 Å². The Hall–Kier alpha value is -3.20. The van der Waals surface area contributed by atoms with Crippen molar-refractivity contribution in [2.24, 2.45) is 0 Å². The number of hydrogen-bond acceptors (Lipinski definition) is 6. The number of nitrogens with zero attached hydrogens (tertiary/aromatic N) is 6. The van der Waals surface area contributed by atoms with E-state index in [1.807, 2.05) is 47.2 Å². The highest BCUT2D eigenvalue weighted by Gasteiger charge is 2.20. The first-order valence-corrected chi connectivity index (χ1v) is 10.2. The van der Waals surface area contributed by atoms with Gasteiger partial charge in [-0.05, 0) is 54.8 Å². The summed E-state index contributed by atoms with van der Waals surface area (Å²) in [5.41, 5.74) is 2.18. The van der Waals surface area contributed by atoms with Gasteiger partial charge in [0, 0.05) is 11.8 Å². The van der Waals surface area contributed by atoms with Crippen molar-refractivity contribution in [1.29, 1.82) is 0 Å². The first-order valence-electron chi connectivity index (χ1n) is 8.81. The molecule has 0 saturated heterocycles. The van der Waals surface area contributed by atoms with Crippen LogP contribution in [-0.4, -0.2) is 47.3 Å². The Kier molecular flexibility index (Phi) is 5.34. The lowest BCUT2D eigenvalue weighted by atomic mass is 10.1. The molecule has 3 aromatic heterocycles. The third-order valence-electron chi connectivity index (χ3n) is 4.38. The lowest BCUT2D eigenvalue weighted by Crippen LogP contribution is -2.30. The van der Waals surface area contributed by atoms with Crippen LogP contribution in [0.3, 0.4) is 0 Å². The summed E-state index contributed by atoms with van der Waals surface area (Å²) in [5.74, 6) is 1.49. The number of aromatic nitrogens is 6. The summed E-state index contributed by atoms with van der Waals surface area (Å²) in [6, 6.07) is 12.7. The number of benzene rings is 1. The van der Waals surface area contributed by atoms with E-state index >= 15 is 0 Å². The van der Waals surface area contributed by atoms with Crippen molar-refractivity contribution < 1.29 is 4.79 Å². The molecule has 0 bridgehead atoms. The molecule has 142 valence electrons. The van der Waals surface area contributed by atoms with Gasteiger partial charge in [-0.15, -0.1) is 10.2 Å². The number of thioether (sulfide) groups is 1. The summed E-state index contributed by atoms with van der Waals surface area (Å²) < 4.78 is 3.56. The van der Waals surface area contributed by atoms with Gasteiger partial charge in [0.2, 0.25) is 0 Å². The van der Waals surface area contributed by atoms with E-state index in [9.17, 15) is 4.79 Å². The normalized spacial score (nSPS) is 12.2. The van der Waals surface area contributed by atoms with E-state index in [-0.39, 0.29) is 11.9 Å². The number of rotatable bonds is 7. The molecule has 0 spiro atoms. The standard InChI is InChI=1S/C19H19N7OS/c1-28-11-9-16(18-24-23-17-4-2-3-10-25(17)18)22-19(27)14-5-7-15(8-6-14)26-13-20-12-21-26/h2-8,10,12-13,16H,9,11H2,1H3,(H,22,27). The van der Waals surface area contributed by atoms with E-state index in [1.165, 1.54) is 6.33 Å². The van der Waals surface area contributed by atoms with Crippen LogP contribution in [0.15, 0.2) is 61.3 Å². The van der Waals surface area contributed by atoms with Gasteiger partial charge in [-0.25, -0.2) is 9.67 Å². The van der Waals surface area contributed by atoms with E-state index in [2.05, 4.69) is 25.6 Å². The van der Waals surface area contributed by atoms with Gasteiger partial charge in [0.15, 0.2) is 11.5 Å². The van der Waals surface area contributed by atoms with Gasteiger partial charge in [0.1, 0.15) is 12.7 Å². The highest BCUT2D eigenvalue weighted by Crippen LogP contribution is 2.19. The highest BCUT2D eigenvalue weighted by atomic mass is 32.2. The number of hydrogen-bond donors (Lipinski definition) is 1. The third kappa shape index (κ3) is 3.74. The quantitative estimate of drug-likeness (QED) is 0.519. The van der Waals surface area contributed by atoms with Gasteiger partial charge in [-0.1, -0.05) is 6.07 Å². The molecular formula is C19H19N7OS. The average Bonchev–Trinajstić information content (AvgIpc) is 3.41. The number of carbonyl (C=O) groups is 1. The zero-order valence-electron chi connectivity index (χ0n) is 15.3. The fourth-order valence-electron chi connectivity index (χ4n) is 2.95. The molecule has 1 unspecified atom stereocenters. The average molecular weight is 393 g/mol. The molecule has 0 aliphatic heterocycles. The summed E-state index contributed by atoms with van der Waals surface area (Å²) >= 11 is 1.73. The van der Waals surface area contributed by atoms with Crippen LogP contribution < -0.4 is 5.32 Å². The van der Waals surface area contributed by atoms with E-state index in [4.69, 9.17) is 0 Å². The second-order valence-corrected chi connectivity index (χ2v) is 7.17. The molecule has 8 nitrogen and oxygen atoms in total. The van der Waals surface area contributed by atoms with Gasteiger partial charge in [-0.3, -0.25) is 9.20 Å². The fourth-order valence-corrected chi connectivity index (χ4v) is 3.42. The number of pyridine rings is 1. The van der Waals surface area contributed by atoms with E-state index in [1.54, 1.807) is 34.9 Å². The maximum atomic E-state index is 12.8. The molecule has 0 radical (unpaired) electrons. The molecule has 9 heteroatoms. The van der Waals surface area contributed by atoms with Crippen molar-refractivity contribution >= 4 is 23.3 Å². The van der Waals surface area contributed by atoms with Crippen LogP contribution in [0.1, 0.15) is 28.6 Å². The van der Waals surface area contributed by atoms with Crippen LogP contribution in [0.4, 0.5) is 0 Å². The molecule has 4 aromatic rings. The maximum Gasteiger partial charge on any atom is 0.251 e. The van der Waals surface area contributed by atoms with Crippen LogP contribution in [0.5, 0.6) is 0 Å². The molecule has 1 amide bonds. The molecule has 1 N–H and O–H groups in total. The summed E-state index contributed by atoms with van der Waals surface area (Å²) in [4.78, 5) is 16.8. The lowest BCUT2D eigenvalue weighted by Gasteiger charge is -2.17. The molecule has 4 rings (SSSR count). The van der Waals surface area contributed by atoms with E-state index in [0.717, 1.165) is 29.3 Å². The molecule has 0 aliphatic rings. The number of amides is 1. The minimum atomic E-state index is -0.229. The molecule has 0 fully saturated rings. The molecule has 0 aliphatic carbocycles. The van der Waals surface area contributed by atoms with Gasteiger partial charge < -0.3 is 5.32 Å². The van der Waals surface area contributed by atoms with Crippen molar-refractivity contribution in [2.45, 2.75) is 12.5 Å². The molecule has 3 heterocycles. The fraction of sp³-hybridized carbons (Fsp3) is 0.211. The maximum absolute atomic E-state index is 12.8. The third-order valence-corrected chi connectivity index (χ3v) is 5.02. The minimum absolute atomic E-state index is 0.149. The molecule has 28 heavy (non-hydrogen) atoms. The Morgan fingerprint density at radius 2 is 2.04 bits per heavy atom. The van der Waals surface area contributed by atoms with Gasteiger partial charge >= 0.3 is 0 Å². The monoisotopic (exact) mass is 393 g/mol. The van der Waals surface area contributed by atoms with Crippen molar-refractivity contribution in [2.75, 3.05) is 12.0 Å². The Morgan fingerprint density at radius 3 is 2.79 bits per heavy atom. The largest absolute Gasteiger partial charge is 0.342 e. The lowest BCUT2D eigenvalue weighted by molar-refractivity contribution is 0.0934. The van der Waals surface area contributed by atoms with Crippen LogP contribution in [0, 0.1) is 0 Å². The van der Waals surface area contributed by atoms with Gasteiger partial charge in [-0.2, -0.15) is 16.9 Å². The number of fused-ring (bicyclic) bond motifs is 1. The Balaban J connectivity index is 1.55. The zero-order valence-corrected chi connectivity index (χ0v) is 16.1. The van der Waals surface area contributed by atoms with Crippen LogP contribution in [0.25, 0.3) is 11.3 Å². The summed E-state index contributed by atoms with van der Waals surface area (Å²) in [6.07, 6.45) is 7.81. The molecule has 0 saturated carbocycles. The van der Waals surface area contributed by atoms with Crippen LogP contribution in [-0.2, 0) is 0 Å². The number of nitrogens with one attached hydrogen (secondary N) is 1. The summed E-state index contributed by atoms with van der Waals surface area (Å²) in [5, 5.41) is 15.7. The van der Waals surface area contributed by atoms with Crippen LogP contribution >= 0.6 is 11.8 Å². The topological polar surface area (TPSA) is 90.0 Å². The summed E-state index contributed by atoms with van der Waals surface area (Å²) in [6.45, 7) is 0. The van der Waals surface area contributed by atoms with E-state index in [0.29, 0.717) is 5.56 Å². The Bertz CT molecular complexity index is 1060. The van der Waals surface area contributed by atoms with Crippen molar-refractivity contribution in [1.82, 2.24) is 34.7 Å². The molecule has 1 atom stereocenters. The second kappa shape index (κ2) is 8.22. The minimum Gasteiger partial charge on any atom is -0.342 e. The predicted octanol–water partition coefficient (Wildman–Crippen LogP) is 2.53.